The fraction of sp³-hybridized carbons (Fsp3) is 0.391. The number of nitrogens with two attached hydrogens (primary N) is 1. The first-order valence-electron chi connectivity index (χ1n) is 11.1. The molecule has 0 bridgehead atoms. The van der Waals surface area contributed by atoms with E-state index in [0.717, 1.165) is 36.7 Å². The normalized spacial score (nSPS) is 14.0. The molecule has 1 unspecified atom stereocenters. The van der Waals surface area contributed by atoms with E-state index in [1.807, 2.05) is 30.3 Å². The average Bonchev–Trinajstić information content (AvgIpc) is 3.31. The van der Waals surface area contributed by atoms with Gasteiger partial charge in [-0.2, -0.15) is 13.2 Å². The predicted octanol–water partition coefficient (Wildman–Crippen LogP) is 5.30. The van der Waals surface area contributed by atoms with Crippen molar-refractivity contribution in [2.24, 2.45) is 5.73 Å². The maximum absolute atomic E-state index is 13.7. The maximum atomic E-state index is 13.7. The molecule has 3 rings (SSSR count). The molecule has 0 aliphatic rings. The van der Waals surface area contributed by atoms with Crippen LogP contribution in [0.1, 0.15) is 42.3 Å². The highest BCUT2D eigenvalue weighted by Crippen LogP contribution is 2.41. The first-order chi connectivity index (χ1) is 16.9. The summed E-state index contributed by atoms with van der Waals surface area (Å²) < 4.78 is 62.1. The van der Waals surface area contributed by atoms with E-state index in [1.165, 1.54) is 24.6 Å². The van der Waals surface area contributed by atoms with Crippen LogP contribution in [0.15, 0.2) is 48.5 Å². The van der Waals surface area contributed by atoms with Gasteiger partial charge in [0.15, 0.2) is 0 Å². The molecular formula is C23H27F3N3O5PS. The first-order valence-corrected chi connectivity index (χ1v) is 13.4. The number of phosphoric ester groups is 1. The molecule has 2 aromatic carbocycles. The van der Waals surface area contributed by atoms with Crippen molar-refractivity contribution >= 4 is 19.2 Å². The van der Waals surface area contributed by atoms with Crippen LogP contribution < -0.4 is 10.5 Å². The smallest absolute Gasteiger partial charge is 0.469 e. The molecule has 13 heteroatoms. The number of halogens is 3. The van der Waals surface area contributed by atoms with Crippen molar-refractivity contribution < 1.29 is 36.8 Å². The van der Waals surface area contributed by atoms with E-state index < -0.39 is 31.7 Å². The number of aromatic nitrogens is 2. The lowest BCUT2D eigenvalue weighted by Gasteiger charge is -2.21. The Morgan fingerprint density at radius 2 is 1.78 bits per heavy atom. The molecule has 1 atom stereocenters. The van der Waals surface area contributed by atoms with Crippen LogP contribution in [0.5, 0.6) is 5.75 Å². The second kappa shape index (κ2) is 11.8. The molecular weight excluding hydrogens is 518 g/mol. The van der Waals surface area contributed by atoms with E-state index in [9.17, 15) is 17.7 Å². The molecule has 0 aliphatic heterocycles. The highest BCUT2D eigenvalue weighted by molar-refractivity contribution is 7.46. The molecule has 36 heavy (non-hydrogen) atoms. The number of aryl methyl sites for hydroxylation is 1. The topological polar surface area (TPSA) is 128 Å². The van der Waals surface area contributed by atoms with E-state index in [1.54, 1.807) is 0 Å². The van der Waals surface area contributed by atoms with Crippen LogP contribution >= 0.6 is 19.2 Å². The molecule has 0 saturated heterocycles. The van der Waals surface area contributed by atoms with E-state index in [-0.39, 0.29) is 27.9 Å². The number of rotatable bonds is 12. The summed E-state index contributed by atoms with van der Waals surface area (Å²) in [5.41, 5.74) is 5.06. The number of nitrogens with zero attached hydrogens (tertiary/aromatic N) is 2. The van der Waals surface area contributed by atoms with Crippen LogP contribution in [0.25, 0.3) is 10.6 Å². The van der Waals surface area contributed by atoms with Gasteiger partial charge in [-0.25, -0.2) is 4.57 Å². The fourth-order valence-corrected chi connectivity index (χ4v) is 4.62. The van der Waals surface area contributed by atoms with Gasteiger partial charge in [-0.1, -0.05) is 41.7 Å². The predicted molar refractivity (Wildman–Crippen MR) is 129 cm³/mol. The van der Waals surface area contributed by atoms with E-state index in [2.05, 4.69) is 14.7 Å². The molecule has 1 aromatic heterocycles. The number of alkyl halides is 3. The third-order valence-corrected chi connectivity index (χ3v) is 6.91. The van der Waals surface area contributed by atoms with Crippen molar-refractivity contribution in [1.82, 2.24) is 10.2 Å². The molecule has 0 spiro atoms. The van der Waals surface area contributed by atoms with Crippen LogP contribution in [0.3, 0.4) is 0 Å². The summed E-state index contributed by atoms with van der Waals surface area (Å²) in [5, 5.41) is 8.09. The Morgan fingerprint density at radius 3 is 2.44 bits per heavy atom. The molecule has 3 aromatic rings. The quantitative estimate of drug-likeness (QED) is 0.207. The minimum absolute atomic E-state index is 0.148. The second-order valence-electron chi connectivity index (χ2n) is 8.45. The van der Waals surface area contributed by atoms with Gasteiger partial charge in [0.05, 0.1) is 24.3 Å². The summed E-state index contributed by atoms with van der Waals surface area (Å²) in [6.45, 7) is 1.02. The molecule has 8 nitrogen and oxygen atoms in total. The van der Waals surface area contributed by atoms with Crippen molar-refractivity contribution in [1.29, 1.82) is 0 Å². The molecule has 4 N–H and O–H groups in total. The summed E-state index contributed by atoms with van der Waals surface area (Å²) in [7, 11) is -4.76. The lowest BCUT2D eigenvalue weighted by Crippen LogP contribution is -2.37. The van der Waals surface area contributed by atoms with Gasteiger partial charge in [0.2, 0.25) is 0 Å². The summed E-state index contributed by atoms with van der Waals surface area (Å²) in [6.07, 6.45) is -1.38. The minimum Gasteiger partial charge on any atom is -0.493 e. The molecule has 0 aliphatic carbocycles. The van der Waals surface area contributed by atoms with Gasteiger partial charge in [0.25, 0.3) is 0 Å². The van der Waals surface area contributed by atoms with Crippen LogP contribution in [0.2, 0.25) is 0 Å². The van der Waals surface area contributed by atoms with Gasteiger partial charge in [-0.15, -0.1) is 10.2 Å². The Balaban J connectivity index is 1.64. The van der Waals surface area contributed by atoms with Crippen LogP contribution in [0.4, 0.5) is 13.2 Å². The van der Waals surface area contributed by atoms with Crippen LogP contribution in [-0.2, 0) is 27.2 Å². The molecule has 1 heterocycles. The van der Waals surface area contributed by atoms with Crippen molar-refractivity contribution in [3.8, 4) is 16.3 Å². The highest BCUT2D eigenvalue weighted by atomic mass is 32.1. The monoisotopic (exact) mass is 545 g/mol. The Hall–Kier alpha value is -2.34. The standard InChI is InChI=1S/C23H27F3N3O5PS/c1-22(27,15-34-35(30,31)32)21-29-28-20(36-21)17-11-12-19(18(14-17)23(24,25)26)33-13-7-3-6-10-16-8-4-2-5-9-16/h2,4-5,8-9,11-12,14H,3,6-7,10,13,15,27H2,1H3,(H2,30,31,32). The summed E-state index contributed by atoms with van der Waals surface area (Å²) in [6, 6.07) is 13.6. The van der Waals surface area contributed by atoms with E-state index >= 15 is 0 Å². The van der Waals surface area contributed by atoms with Crippen LogP contribution in [0, 0.1) is 0 Å². The summed E-state index contributed by atoms with van der Waals surface area (Å²) in [5.74, 6) is -0.266. The van der Waals surface area contributed by atoms with Gasteiger partial charge in [-0.3, -0.25) is 4.52 Å². The second-order valence-corrected chi connectivity index (χ2v) is 10.7. The number of ether oxygens (including phenoxy) is 1. The zero-order valence-corrected chi connectivity index (χ0v) is 21.2. The Labute approximate surface area is 210 Å². The molecule has 0 fully saturated rings. The Bertz CT molecular complexity index is 1190. The molecule has 0 amide bonds. The Morgan fingerprint density at radius 1 is 1.06 bits per heavy atom. The first kappa shape index (κ1) is 28.2. The summed E-state index contributed by atoms with van der Waals surface area (Å²) in [4.78, 5) is 17.8. The van der Waals surface area contributed by atoms with Crippen molar-refractivity contribution in [3.05, 3.63) is 64.7 Å². The zero-order chi connectivity index (χ0) is 26.4. The fourth-order valence-electron chi connectivity index (χ4n) is 3.30. The lowest BCUT2D eigenvalue weighted by molar-refractivity contribution is -0.138. The van der Waals surface area contributed by atoms with Gasteiger partial charge < -0.3 is 20.3 Å². The lowest BCUT2D eigenvalue weighted by atomic mass is 10.1. The maximum Gasteiger partial charge on any atom is 0.469 e. The molecule has 196 valence electrons. The largest absolute Gasteiger partial charge is 0.493 e. The number of unbranched alkanes of at least 4 members (excludes halogenated alkanes) is 2. The number of hydrogen-bond acceptors (Lipinski definition) is 7. The summed E-state index contributed by atoms with van der Waals surface area (Å²) >= 11 is 0.905. The molecule has 0 saturated carbocycles. The highest BCUT2D eigenvalue weighted by Gasteiger charge is 2.35. The van der Waals surface area contributed by atoms with Gasteiger partial charge >= 0.3 is 14.0 Å². The van der Waals surface area contributed by atoms with E-state index in [4.69, 9.17) is 20.3 Å². The van der Waals surface area contributed by atoms with Crippen molar-refractivity contribution in [2.45, 2.75) is 44.3 Å². The zero-order valence-electron chi connectivity index (χ0n) is 19.4. The third kappa shape index (κ3) is 8.36. The van der Waals surface area contributed by atoms with Gasteiger partial charge in [0.1, 0.15) is 15.8 Å². The van der Waals surface area contributed by atoms with Crippen molar-refractivity contribution in [2.75, 3.05) is 13.2 Å². The van der Waals surface area contributed by atoms with Gasteiger partial charge in [0, 0.05) is 5.56 Å². The van der Waals surface area contributed by atoms with Crippen molar-refractivity contribution in [3.63, 3.8) is 0 Å². The number of benzene rings is 2. The van der Waals surface area contributed by atoms with Gasteiger partial charge in [-0.05, 0) is 56.4 Å². The van der Waals surface area contributed by atoms with Crippen LogP contribution in [-0.4, -0.2) is 33.2 Å². The SMILES string of the molecule is CC(N)(COP(=O)(O)O)c1nnc(-c2ccc(OCCCCCc3ccccc3)c(C(F)(F)F)c2)s1. The number of phosphoric acid groups is 1. The van der Waals surface area contributed by atoms with E-state index in [0.29, 0.717) is 6.42 Å². The molecule has 0 radical (unpaired) electrons. The Kier molecular flexibility index (Phi) is 9.26. The average molecular weight is 546 g/mol. The minimum atomic E-state index is -4.76. The third-order valence-electron chi connectivity index (χ3n) is 5.19. The number of hydrogen-bond donors (Lipinski definition) is 3.